The van der Waals surface area contributed by atoms with Crippen LogP contribution in [0.15, 0.2) is 57.2 Å². The Morgan fingerprint density at radius 1 is 1.08 bits per heavy atom. The van der Waals surface area contributed by atoms with Gasteiger partial charge in [0.25, 0.3) is 0 Å². The van der Waals surface area contributed by atoms with Gasteiger partial charge >= 0.3 is 0 Å². The van der Waals surface area contributed by atoms with Gasteiger partial charge < -0.3 is 5.32 Å². The van der Waals surface area contributed by atoms with Crippen molar-refractivity contribution < 1.29 is 4.79 Å². The number of hydrogen-bond donors (Lipinski definition) is 1. The average molecular weight is 422 g/mol. The second-order valence-electron chi connectivity index (χ2n) is 5.36. The van der Waals surface area contributed by atoms with E-state index in [-0.39, 0.29) is 11.7 Å². The fourth-order valence-electron chi connectivity index (χ4n) is 2.09. The molecule has 0 atom stereocenters. The molecule has 1 N–H and O–H groups in total. The van der Waals surface area contributed by atoms with Gasteiger partial charge in [-0.25, -0.2) is 0 Å². The summed E-state index contributed by atoms with van der Waals surface area (Å²) in [4.78, 5) is 12.1. The molecular formula is C18H16ClN3OS3. The van der Waals surface area contributed by atoms with Crippen molar-refractivity contribution in [1.82, 2.24) is 10.2 Å². The van der Waals surface area contributed by atoms with E-state index in [9.17, 15) is 4.79 Å². The number of benzene rings is 2. The summed E-state index contributed by atoms with van der Waals surface area (Å²) < 4.78 is 1.70. The fourth-order valence-corrected chi connectivity index (χ4v) is 5.04. The number of nitrogens with zero attached hydrogens (tertiary/aromatic N) is 2. The topological polar surface area (TPSA) is 54.9 Å². The minimum absolute atomic E-state index is 0.0888. The SMILES string of the molecule is Cc1c(Cl)cccc1NC(=O)CSc1nnc(SCc2ccccc2)s1. The van der Waals surface area contributed by atoms with Gasteiger partial charge in [0, 0.05) is 16.5 Å². The molecule has 3 aromatic rings. The van der Waals surface area contributed by atoms with Crippen LogP contribution in [0.4, 0.5) is 5.69 Å². The van der Waals surface area contributed by atoms with E-state index >= 15 is 0 Å². The molecule has 0 aliphatic carbocycles. The third-order valence-electron chi connectivity index (χ3n) is 3.46. The monoisotopic (exact) mass is 421 g/mol. The number of anilines is 1. The molecule has 2 aromatic carbocycles. The maximum atomic E-state index is 12.1. The normalized spacial score (nSPS) is 10.7. The van der Waals surface area contributed by atoms with Crippen molar-refractivity contribution in [3.63, 3.8) is 0 Å². The number of carbonyl (C=O) groups is 1. The first kappa shape index (κ1) is 19.2. The summed E-state index contributed by atoms with van der Waals surface area (Å²) in [6.07, 6.45) is 0. The van der Waals surface area contributed by atoms with Crippen LogP contribution in [0, 0.1) is 6.92 Å². The predicted molar refractivity (Wildman–Crippen MR) is 111 cm³/mol. The van der Waals surface area contributed by atoms with Crippen LogP contribution in [0.25, 0.3) is 0 Å². The number of rotatable bonds is 7. The molecule has 1 amide bonds. The van der Waals surface area contributed by atoms with Gasteiger partial charge in [0.1, 0.15) is 0 Å². The Labute approximate surface area is 169 Å². The standard InChI is InChI=1S/C18H16ClN3OS3/c1-12-14(19)8-5-9-15(12)20-16(23)11-25-18-22-21-17(26-18)24-10-13-6-3-2-4-7-13/h2-9H,10-11H2,1H3,(H,20,23). The maximum Gasteiger partial charge on any atom is 0.234 e. The average Bonchev–Trinajstić information content (AvgIpc) is 3.11. The van der Waals surface area contributed by atoms with Crippen molar-refractivity contribution in [2.24, 2.45) is 0 Å². The van der Waals surface area contributed by atoms with Crippen LogP contribution in [0.5, 0.6) is 0 Å². The Kier molecular flexibility index (Phi) is 6.96. The van der Waals surface area contributed by atoms with E-state index in [0.29, 0.717) is 5.02 Å². The summed E-state index contributed by atoms with van der Waals surface area (Å²) in [5.74, 6) is 1.05. The van der Waals surface area contributed by atoms with Crippen molar-refractivity contribution >= 4 is 58.1 Å². The van der Waals surface area contributed by atoms with E-state index in [1.54, 1.807) is 17.8 Å². The van der Waals surface area contributed by atoms with Crippen molar-refractivity contribution in [3.05, 3.63) is 64.7 Å². The first-order valence-electron chi connectivity index (χ1n) is 7.80. The molecule has 0 aliphatic rings. The summed E-state index contributed by atoms with van der Waals surface area (Å²) in [6.45, 7) is 1.88. The maximum absolute atomic E-state index is 12.1. The lowest BCUT2D eigenvalue weighted by Crippen LogP contribution is -2.14. The van der Waals surface area contributed by atoms with Crippen LogP contribution in [0.3, 0.4) is 0 Å². The molecule has 0 saturated heterocycles. The van der Waals surface area contributed by atoms with Gasteiger partial charge in [0.2, 0.25) is 5.91 Å². The number of thioether (sulfide) groups is 2. The van der Waals surface area contributed by atoms with E-state index in [2.05, 4.69) is 27.6 Å². The smallest absolute Gasteiger partial charge is 0.234 e. The first-order chi connectivity index (χ1) is 12.6. The fraction of sp³-hybridized carbons (Fsp3) is 0.167. The molecule has 4 nitrogen and oxygen atoms in total. The number of carbonyl (C=O) groups excluding carboxylic acids is 1. The number of hydrogen-bond acceptors (Lipinski definition) is 6. The lowest BCUT2D eigenvalue weighted by atomic mass is 10.2. The summed E-state index contributed by atoms with van der Waals surface area (Å²) in [6, 6.07) is 15.7. The van der Waals surface area contributed by atoms with E-state index in [0.717, 1.165) is 25.7 Å². The Morgan fingerprint density at radius 3 is 2.58 bits per heavy atom. The highest BCUT2D eigenvalue weighted by molar-refractivity contribution is 8.03. The highest BCUT2D eigenvalue weighted by atomic mass is 35.5. The summed E-state index contributed by atoms with van der Waals surface area (Å²) >= 11 is 10.6. The quantitative estimate of drug-likeness (QED) is 0.509. The zero-order valence-electron chi connectivity index (χ0n) is 13.9. The van der Waals surface area contributed by atoms with E-state index < -0.39 is 0 Å². The number of nitrogens with one attached hydrogen (secondary N) is 1. The third kappa shape index (κ3) is 5.48. The molecule has 3 rings (SSSR count). The lowest BCUT2D eigenvalue weighted by Gasteiger charge is -2.08. The van der Waals surface area contributed by atoms with Gasteiger partial charge in [-0.05, 0) is 30.2 Å². The van der Waals surface area contributed by atoms with E-state index in [4.69, 9.17) is 11.6 Å². The second kappa shape index (κ2) is 9.41. The van der Waals surface area contributed by atoms with Crippen molar-refractivity contribution in [2.45, 2.75) is 21.4 Å². The van der Waals surface area contributed by atoms with Gasteiger partial charge in [-0.2, -0.15) is 0 Å². The molecule has 0 saturated carbocycles. The van der Waals surface area contributed by atoms with Gasteiger partial charge in [-0.3, -0.25) is 4.79 Å². The van der Waals surface area contributed by atoms with Gasteiger partial charge in [-0.15, -0.1) is 10.2 Å². The first-order valence-corrected chi connectivity index (χ1v) is 11.0. The highest BCUT2D eigenvalue weighted by Crippen LogP contribution is 2.31. The molecule has 1 aromatic heterocycles. The van der Waals surface area contributed by atoms with Crippen LogP contribution in [0.1, 0.15) is 11.1 Å². The molecule has 0 unspecified atom stereocenters. The van der Waals surface area contributed by atoms with Gasteiger partial charge in [-0.1, -0.05) is 82.9 Å². The van der Waals surface area contributed by atoms with Crippen LogP contribution in [-0.4, -0.2) is 21.9 Å². The van der Waals surface area contributed by atoms with Crippen molar-refractivity contribution in [1.29, 1.82) is 0 Å². The molecule has 0 spiro atoms. The summed E-state index contributed by atoms with van der Waals surface area (Å²) in [7, 11) is 0. The van der Waals surface area contributed by atoms with Gasteiger partial charge in [0.05, 0.1) is 5.75 Å². The molecule has 0 fully saturated rings. The van der Waals surface area contributed by atoms with E-state index in [1.807, 2.05) is 37.3 Å². The molecule has 0 aliphatic heterocycles. The van der Waals surface area contributed by atoms with Crippen molar-refractivity contribution in [2.75, 3.05) is 11.1 Å². The number of halogens is 1. The zero-order chi connectivity index (χ0) is 18.4. The minimum atomic E-state index is -0.0888. The second-order valence-corrected chi connectivity index (χ2v) is 9.19. The predicted octanol–water partition coefficient (Wildman–Crippen LogP) is 5.52. The third-order valence-corrected chi connectivity index (χ3v) is 7.13. The van der Waals surface area contributed by atoms with Crippen LogP contribution >= 0.6 is 46.5 Å². The molecular weight excluding hydrogens is 406 g/mol. The molecule has 0 radical (unpaired) electrons. The molecule has 1 heterocycles. The summed E-state index contributed by atoms with van der Waals surface area (Å²) in [5, 5.41) is 11.8. The molecule has 0 bridgehead atoms. The summed E-state index contributed by atoms with van der Waals surface area (Å²) in [5.41, 5.74) is 2.85. The van der Waals surface area contributed by atoms with Gasteiger partial charge in [0.15, 0.2) is 8.68 Å². The van der Waals surface area contributed by atoms with Crippen LogP contribution < -0.4 is 5.32 Å². The Morgan fingerprint density at radius 2 is 1.81 bits per heavy atom. The largest absolute Gasteiger partial charge is 0.325 e. The Hall–Kier alpha value is -1.54. The number of amides is 1. The van der Waals surface area contributed by atoms with E-state index in [1.165, 1.54) is 28.7 Å². The van der Waals surface area contributed by atoms with Crippen LogP contribution in [-0.2, 0) is 10.5 Å². The molecule has 26 heavy (non-hydrogen) atoms. The van der Waals surface area contributed by atoms with Crippen molar-refractivity contribution in [3.8, 4) is 0 Å². The minimum Gasteiger partial charge on any atom is -0.325 e. The Balaban J connectivity index is 1.48. The lowest BCUT2D eigenvalue weighted by molar-refractivity contribution is -0.113. The molecule has 134 valence electrons. The number of aromatic nitrogens is 2. The molecule has 8 heteroatoms. The Bertz CT molecular complexity index is 886. The van der Waals surface area contributed by atoms with Crippen LogP contribution in [0.2, 0.25) is 5.02 Å². The zero-order valence-corrected chi connectivity index (χ0v) is 17.1. The highest BCUT2D eigenvalue weighted by Gasteiger charge is 2.10.